The van der Waals surface area contributed by atoms with E-state index in [1.54, 1.807) is 13.2 Å². The number of benzene rings is 2. The molecule has 0 aromatic heterocycles. The van der Waals surface area contributed by atoms with Crippen LogP contribution >= 0.6 is 31.9 Å². The smallest absolute Gasteiger partial charge is 0.128 e. The number of hydrogen-bond donors (Lipinski definition) is 0. The minimum absolute atomic E-state index is 0.304. The zero-order chi connectivity index (χ0) is 13.8. The van der Waals surface area contributed by atoms with Crippen LogP contribution in [0.15, 0.2) is 45.3 Å². The lowest BCUT2D eigenvalue weighted by Crippen LogP contribution is -1.99. The Balaban J connectivity index is 2.16. The first-order chi connectivity index (χ1) is 9.08. The maximum absolute atomic E-state index is 13.2. The SMILES string of the molecule is COc1ccc(Br)cc1COc1cc(F)cc(Br)c1. The van der Waals surface area contributed by atoms with E-state index in [1.165, 1.54) is 12.1 Å². The maximum atomic E-state index is 13.2. The molecule has 100 valence electrons. The summed E-state index contributed by atoms with van der Waals surface area (Å²) in [4.78, 5) is 0. The lowest BCUT2D eigenvalue weighted by molar-refractivity contribution is 0.295. The van der Waals surface area contributed by atoms with Gasteiger partial charge in [-0.15, -0.1) is 0 Å². The first-order valence-corrected chi connectivity index (χ1v) is 7.08. The molecule has 0 aliphatic heterocycles. The molecule has 0 atom stereocenters. The Kier molecular flexibility index (Phi) is 4.82. The molecule has 2 rings (SSSR count). The summed E-state index contributed by atoms with van der Waals surface area (Å²) in [6.45, 7) is 0.304. The fraction of sp³-hybridized carbons (Fsp3) is 0.143. The zero-order valence-electron chi connectivity index (χ0n) is 10.1. The average molecular weight is 390 g/mol. The molecule has 0 amide bonds. The third-order valence-electron chi connectivity index (χ3n) is 2.47. The van der Waals surface area contributed by atoms with Gasteiger partial charge in [-0.2, -0.15) is 0 Å². The lowest BCUT2D eigenvalue weighted by Gasteiger charge is -2.11. The summed E-state index contributed by atoms with van der Waals surface area (Å²) in [5.41, 5.74) is 0.886. The molecular weight excluding hydrogens is 379 g/mol. The normalized spacial score (nSPS) is 10.3. The molecule has 2 aromatic rings. The van der Waals surface area contributed by atoms with Gasteiger partial charge in [0.1, 0.15) is 23.9 Å². The van der Waals surface area contributed by atoms with Crippen LogP contribution in [0.2, 0.25) is 0 Å². The number of methoxy groups -OCH3 is 1. The Morgan fingerprint density at radius 2 is 1.84 bits per heavy atom. The van der Waals surface area contributed by atoms with Gasteiger partial charge in [0.2, 0.25) is 0 Å². The van der Waals surface area contributed by atoms with Gasteiger partial charge < -0.3 is 9.47 Å². The van der Waals surface area contributed by atoms with Crippen LogP contribution < -0.4 is 9.47 Å². The monoisotopic (exact) mass is 388 g/mol. The fourth-order valence-corrected chi connectivity index (χ4v) is 2.49. The van der Waals surface area contributed by atoms with Crippen molar-refractivity contribution in [1.29, 1.82) is 0 Å². The van der Waals surface area contributed by atoms with Crippen LogP contribution in [0.3, 0.4) is 0 Å². The van der Waals surface area contributed by atoms with Crippen molar-refractivity contribution < 1.29 is 13.9 Å². The van der Waals surface area contributed by atoms with Gasteiger partial charge in [-0.25, -0.2) is 4.39 Å². The highest BCUT2D eigenvalue weighted by Crippen LogP contribution is 2.26. The molecule has 0 unspecified atom stereocenters. The van der Waals surface area contributed by atoms with Crippen LogP contribution in [0.4, 0.5) is 4.39 Å². The Bertz CT molecular complexity index is 567. The van der Waals surface area contributed by atoms with E-state index in [2.05, 4.69) is 31.9 Å². The van der Waals surface area contributed by atoms with Gasteiger partial charge in [0.05, 0.1) is 7.11 Å². The quantitative estimate of drug-likeness (QED) is 0.737. The number of hydrogen-bond acceptors (Lipinski definition) is 2. The molecule has 0 fully saturated rings. The largest absolute Gasteiger partial charge is 0.496 e. The van der Waals surface area contributed by atoms with Crippen molar-refractivity contribution >= 4 is 31.9 Å². The van der Waals surface area contributed by atoms with Crippen LogP contribution in [0, 0.1) is 5.82 Å². The van der Waals surface area contributed by atoms with E-state index < -0.39 is 0 Å². The average Bonchev–Trinajstić information content (AvgIpc) is 2.35. The van der Waals surface area contributed by atoms with Gasteiger partial charge in [0.15, 0.2) is 0 Å². The van der Waals surface area contributed by atoms with Gasteiger partial charge in [0, 0.05) is 20.6 Å². The standard InChI is InChI=1S/C14H11Br2FO2/c1-18-14-3-2-10(15)4-9(14)8-19-13-6-11(16)5-12(17)7-13/h2-7H,8H2,1H3. The molecule has 0 heterocycles. The van der Waals surface area contributed by atoms with E-state index in [9.17, 15) is 4.39 Å². The number of rotatable bonds is 4. The first kappa shape index (κ1) is 14.3. The van der Waals surface area contributed by atoms with Crippen molar-refractivity contribution in [3.05, 3.63) is 56.7 Å². The van der Waals surface area contributed by atoms with Crippen molar-refractivity contribution in [2.75, 3.05) is 7.11 Å². The molecule has 0 radical (unpaired) electrons. The Labute approximate surface area is 127 Å². The Hall–Kier alpha value is -1.07. The van der Waals surface area contributed by atoms with Crippen molar-refractivity contribution in [2.45, 2.75) is 6.61 Å². The molecule has 0 spiro atoms. The molecule has 0 bridgehead atoms. The van der Waals surface area contributed by atoms with Gasteiger partial charge in [-0.3, -0.25) is 0 Å². The molecule has 0 N–H and O–H groups in total. The minimum atomic E-state index is -0.342. The third-order valence-corrected chi connectivity index (χ3v) is 3.42. The summed E-state index contributed by atoms with van der Waals surface area (Å²) in [5, 5.41) is 0. The second-order valence-corrected chi connectivity index (χ2v) is 5.68. The molecule has 2 aromatic carbocycles. The first-order valence-electron chi connectivity index (χ1n) is 5.50. The Morgan fingerprint density at radius 3 is 2.53 bits per heavy atom. The second kappa shape index (κ2) is 6.39. The predicted molar refractivity (Wildman–Crippen MR) is 79.1 cm³/mol. The minimum Gasteiger partial charge on any atom is -0.496 e. The second-order valence-electron chi connectivity index (χ2n) is 3.85. The van der Waals surface area contributed by atoms with Gasteiger partial charge in [-0.05, 0) is 30.3 Å². The van der Waals surface area contributed by atoms with E-state index >= 15 is 0 Å². The maximum Gasteiger partial charge on any atom is 0.128 e. The molecule has 0 saturated carbocycles. The summed E-state index contributed by atoms with van der Waals surface area (Å²) in [7, 11) is 1.60. The summed E-state index contributed by atoms with van der Waals surface area (Å²) in [6.07, 6.45) is 0. The number of halogens is 3. The van der Waals surface area contributed by atoms with Crippen LogP contribution in [0.1, 0.15) is 5.56 Å². The van der Waals surface area contributed by atoms with Gasteiger partial charge in [0.25, 0.3) is 0 Å². The predicted octanol–water partition coefficient (Wildman–Crippen LogP) is 4.94. The summed E-state index contributed by atoms with van der Waals surface area (Å²) >= 11 is 6.62. The van der Waals surface area contributed by atoms with Gasteiger partial charge >= 0.3 is 0 Å². The topological polar surface area (TPSA) is 18.5 Å². The molecule has 0 aliphatic carbocycles. The van der Waals surface area contributed by atoms with E-state index in [1.807, 2.05) is 18.2 Å². The van der Waals surface area contributed by atoms with Crippen LogP contribution in [-0.2, 0) is 6.61 Å². The van der Waals surface area contributed by atoms with Crippen LogP contribution in [0.25, 0.3) is 0 Å². The van der Waals surface area contributed by atoms with Gasteiger partial charge in [-0.1, -0.05) is 31.9 Å². The molecular formula is C14H11Br2FO2. The van der Waals surface area contributed by atoms with Crippen LogP contribution in [0.5, 0.6) is 11.5 Å². The summed E-state index contributed by atoms with van der Waals surface area (Å²) in [5.74, 6) is 0.859. The molecule has 19 heavy (non-hydrogen) atoms. The van der Waals surface area contributed by atoms with Crippen molar-refractivity contribution in [1.82, 2.24) is 0 Å². The van der Waals surface area contributed by atoms with Crippen molar-refractivity contribution in [3.8, 4) is 11.5 Å². The highest BCUT2D eigenvalue weighted by Gasteiger charge is 2.06. The third kappa shape index (κ3) is 3.94. The highest BCUT2D eigenvalue weighted by molar-refractivity contribution is 9.10. The summed E-state index contributed by atoms with van der Waals surface area (Å²) in [6, 6.07) is 10.1. The summed E-state index contributed by atoms with van der Waals surface area (Å²) < 4.78 is 25.6. The number of ether oxygens (including phenoxy) is 2. The molecule has 2 nitrogen and oxygen atoms in total. The van der Waals surface area contributed by atoms with E-state index in [0.29, 0.717) is 16.8 Å². The Morgan fingerprint density at radius 1 is 1.05 bits per heavy atom. The zero-order valence-corrected chi connectivity index (χ0v) is 13.3. The van der Waals surface area contributed by atoms with Crippen molar-refractivity contribution in [2.24, 2.45) is 0 Å². The van der Waals surface area contributed by atoms with Crippen molar-refractivity contribution in [3.63, 3.8) is 0 Å². The molecule has 0 saturated heterocycles. The fourth-order valence-electron chi connectivity index (χ4n) is 1.63. The molecule has 0 aliphatic rings. The molecule has 5 heteroatoms. The lowest BCUT2D eigenvalue weighted by atomic mass is 10.2. The highest BCUT2D eigenvalue weighted by atomic mass is 79.9. The van der Waals surface area contributed by atoms with E-state index in [0.717, 1.165) is 15.8 Å². The van der Waals surface area contributed by atoms with E-state index in [-0.39, 0.29) is 5.82 Å². The van der Waals surface area contributed by atoms with E-state index in [4.69, 9.17) is 9.47 Å². The van der Waals surface area contributed by atoms with Crippen LogP contribution in [-0.4, -0.2) is 7.11 Å².